The summed E-state index contributed by atoms with van der Waals surface area (Å²) in [5.74, 6) is 0. The molecule has 2 aromatic heterocycles. The fraction of sp³-hybridized carbons (Fsp3) is 0.278. The van der Waals surface area contributed by atoms with Crippen LogP contribution >= 0.6 is 11.3 Å². The number of rotatable bonds is 5. The van der Waals surface area contributed by atoms with E-state index in [1.165, 1.54) is 15.6 Å². The molecular formula is C18H20N2S. The lowest BCUT2D eigenvalue weighted by molar-refractivity contribution is 0.589. The third-order valence-electron chi connectivity index (χ3n) is 3.62. The molecule has 0 saturated heterocycles. The molecule has 2 heterocycles. The van der Waals surface area contributed by atoms with Gasteiger partial charge in [0, 0.05) is 10.4 Å². The first-order valence-electron chi connectivity index (χ1n) is 7.42. The first-order chi connectivity index (χ1) is 10.3. The molecule has 0 aliphatic heterocycles. The van der Waals surface area contributed by atoms with E-state index in [1.807, 2.05) is 13.0 Å². The van der Waals surface area contributed by atoms with Crippen molar-refractivity contribution in [1.29, 1.82) is 0 Å². The molecule has 1 aromatic carbocycles. The molecule has 1 atom stereocenters. The number of benzene rings is 1. The van der Waals surface area contributed by atoms with Crippen LogP contribution in [-0.2, 0) is 0 Å². The van der Waals surface area contributed by atoms with E-state index in [2.05, 4.69) is 54.0 Å². The van der Waals surface area contributed by atoms with Gasteiger partial charge in [0.25, 0.3) is 0 Å². The number of aryl methyl sites for hydroxylation is 1. The van der Waals surface area contributed by atoms with Crippen LogP contribution in [0.15, 0.2) is 47.8 Å². The molecule has 3 aromatic rings. The van der Waals surface area contributed by atoms with Gasteiger partial charge in [0.2, 0.25) is 0 Å². The van der Waals surface area contributed by atoms with Crippen molar-refractivity contribution in [3.8, 4) is 0 Å². The molecule has 0 fully saturated rings. The molecule has 108 valence electrons. The lowest BCUT2D eigenvalue weighted by Gasteiger charge is -2.19. The Morgan fingerprint density at radius 2 is 2.00 bits per heavy atom. The number of thiophene rings is 1. The van der Waals surface area contributed by atoms with E-state index in [0.29, 0.717) is 0 Å². The van der Waals surface area contributed by atoms with Crippen LogP contribution in [-0.4, -0.2) is 11.5 Å². The van der Waals surface area contributed by atoms with E-state index < -0.39 is 0 Å². The summed E-state index contributed by atoms with van der Waals surface area (Å²) >= 11 is 1.81. The third-order valence-corrected chi connectivity index (χ3v) is 4.60. The van der Waals surface area contributed by atoms with Gasteiger partial charge >= 0.3 is 0 Å². The van der Waals surface area contributed by atoms with E-state index in [1.54, 1.807) is 11.3 Å². The average molecular weight is 296 g/mol. The summed E-state index contributed by atoms with van der Waals surface area (Å²) in [4.78, 5) is 4.74. The van der Waals surface area contributed by atoms with Gasteiger partial charge in [0.15, 0.2) is 0 Å². The zero-order valence-electron chi connectivity index (χ0n) is 12.5. The van der Waals surface area contributed by atoms with Crippen LogP contribution in [0, 0.1) is 6.92 Å². The predicted octanol–water partition coefficient (Wildman–Crippen LogP) is 4.69. The van der Waals surface area contributed by atoms with Gasteiger partial charge in [-0.25, -0.2) is 0 Å². The molecule has 0 radical (unpaired) electrons. The molecule has 0 bridgehead atoms. The zero-order valence-corrected chi connectivity index (χ0v) is 13.3. The van der Waals surface area contributed by atoms with Crippen molar-refractivity contribution < 1.29 is 0 Å². The molecule has 2 nitrogen and oxygen atoms in total. The maximum Gasteiger partial charge on any atom is 0.0765 e. The highest BCUT2D eigenvalue weighted by Gasteiger charge is 2.17. The predicted molar refractivity (Wildman–Crippen MR) is 90.9 cm³/mol. The Balaban J connectivity index is 2.08. The minimum atomic E-state index is 0.159. The van der Waals surface area contributed by atoms with Crippen LogP contribution < -0.4 is 5.32 Å². The Morgan fingerprint density at radius 3 is 2.81 bits per heavy atom. The van der Waals surface area contributed by atoms with Gasteiger partial charge in [-0.15, -0.1) is 11.3 Å². The maximum absolute atomic E-state index is 4.74. The number of hydrogen-bond donors (Lipinski definition) is 1. The number of nitrogens with one attached hydrogen (secondary N) is 1. The fourth-order valence-corrected chi connectivity index (χ4v) is 3.58. The number of nitrogens with zero attached hydrogens (tertiary/aromatic N) is 1. The summed E-state index contributed by atoms with van der Waals surface area (Å²) in [6.07, 6.45) is 1.11. The van der Waals surface area contributed by atoms with Crippen LogP contribution in [0.5, 0.6) is 0 Å². The second-order valence-corrected chi connectivity index (χ2v) is 6.19. The molecule has 3 rings (SSSR count). The van der Waals surface area contributed by atoms with E-state index in [4.69, 9.17) is 4.98 Å². The molecule has 1 N–H and O–H groups in total. The van der Waals surface area contributed by atoms with Crippen molar-refractivity contribution in [3.05, 3.63) is 64.8 Å². The third kappa shape index (κ3) is 2.99. The average Bonchev–Trinajstić information content (AvgIpc) is 2.97. The second-order valence-electron chi connectivity index (χ2n) is 5.28. The largest absolute Gasteiger partial charge is 0.305 e. The Hall–Kier alpha value is -1.71. The van der Waals surface area contributed by atoms with Gasteiger partial charge in [0.05, 0.1) is 11.7 Å². The highest BCUT2D eigenvalue weighted by molar-refractivity contribution is 7.17. The number of pyridine rings is 1. The van der Waals surface area contributed by atoms with Crippen molar-refractivity contribution in [3.63, 3.8) is 0 Å². The van der Waals surface area contributed by atoms with Crippen LogP contribution in [0.3, 0.4) is 0 Å². The maximum atomic E-state index is 4.74. The van der Waals surface area contributed by atoms with Crippen molar-refractivity contribution in [2.75, 3.05) is 6.54 Å². The molecule has 0 saturated carbocycles. The van der Waals surface area contributed by atoms with Gasteiger partial charge in [-0.2, -0.15) is 0 Å². The van der Waals surface area contributed by atoms with Gasteiger partial charge in [-0.05, 0) is 54.4 Å². The first-order valence-corrected chi connectivity index (χ1v) is 8.30. The number of fused-ring (bicyclic) bond motifs is 1. The summed E-state index contributed by atoms with van der Waals surface area (Å²) in [5.41, 5.74) is 3.49. The second kappa shape index (κ2) is 6.37. The molecule has 0 spiro atoms. The Bertz CT molecular complexity index is 733. The number of aromatic nitrogens is 1. The minimum Gasteiger partial charge on any atom is -0.305 e. The summed E-state index contributed by atoms with van der Waals surface area (Å²) in [7, 11) is 0. The van der Waals surface area contributed by atoms with E-state index in [0.717, 1.165) is 24.4 Å². The lowest BCUT2D eigenvalue weighted by Crippen LogP contribution is -2.24. The molecule has 3 heteroatoms. The summed E-state index contributed by atoms with van der Waals surface area (Å²) in [6.45, 7) is 5.23. The van der Waals surface area contributed by atoms with Crippen LogP contribution in [0.2, 0.25) is 0 Å². The Morgan fingerprint density at radius 1 is 1.14 bits per heavy atom. The quantitative estimate of drug-likeness (QED) is 0.738. The fourth-order valence-electron chi connectivity index (χ4n) is 2.63. The summed E-state index contributed by atoms with van der Waals surface area (Å²) in [5, 5.41) is 7.13. The highest BCUT2D eigenvalue weighted by Crippen LogP contribution is 2.31. The van der Waals surface area contributed by atoms with Crippen LogP contribution in [0.1, 0.15) is 36.3 Å². The normalized spacial score (nSPS) is 12.7. The molecule has 0 aliphatic rings. The van der Waals surface area contributed by atoms with Crippen LogP contribution in [0.25, 0.3) is 10.1 Å². The van der Waals surface area contributed by atoms with Gasteiger partial charge in [-0.3, -0.25) is 4.98 Å². The topological polar surface area (TPSA) is 24.9 Å². The summed E-state index contributed by atoms with van der Waals surface area (Å²) < 4.78 is 1.36. The molecule has 1 unspecified atom stereocenters. The Labute approximate surface area is 129 Å². The molecular weight excluding hydrogens is 276 g/mol. The van der Waals surface area contributed by atoms with E-state index in [-0.39, 0.29) is 6.04 Å². The Kier molecular flexibility index (Phi) is 4.32. The van der Waals surface area contributed by atoms with Gasteiger partial charge < -0.3 is 5.32 Å². The molecule has 0 amide bonds. The molecule has 21 heavy (non-hydrogen) atoms. The van der Waals surface area contributed by atoms with E-state index in [9.17, 15) is 0 Å². The standard InChI is InChI=1S/C18H20N2S/c1-3-11-19-17(16-9-4-6-13(2)20-16)15-8-5-7-14-10-12-21-18(14)15/h4-10,12,17,19H,3,11H2,1-2H3. The van der Waals surface area contributed by atoms with Crippen molar-refractivity contribution in [1.82, 2.24) is 10.3 Å². The minimum absolute atomic E-state index is 0.159. The summed E-state index contributed by atoms with van der Waals surface area (Å²) in [6, 6.07) is 15.1. The SMILES string of the molecule is CCCNC(c1cccc(C)n1)c1cccc2ccsc12. The van der Waals surface area contributed by atoms with Crippen molar-refractivity contribution in [2.45, 2.75) is 26.3 Å². The lowest BCUT2D eigenvalue weighted by atomic mass is 10.0. The number of hydrogen-bond acceptors (Lipinski definition) is 3. The highest BCUT2D eigenvalue weighted by atomic mass is 32.1. The van der Waals surface area contributed by atoms with Crippen molar-refractivity contribution in [2.24, 2.45) is 0 Å². The molecule has 0 aliphatic carbocycles. The zero-order chi connectivity index (χ0) is 14.7. The van der Waals surface area contributed by atoms with Gasteiger partial charge in [0.1, 0.15) is 0 Å². The van der Waals surface area contributed by atoms with Crippen LogP contribution in [0.4, 0.5) is 0 Å². The van der Waals surface area contributed by atoms with Crippen molar-refractivity contribution >= 4 is 21.4 Å². The van der Waals surface area contributed by atoms with Gasteiger partial charge in [-0.1, -0.05) is 31.2 Å². The van der Waals surface area contributed by atoms with E-state index >= 15 is 0 Å². The first kappa shape index (κ1) is 14.2. The monoisotopic (exact) mass is 296 g/mol. The smallest absolute Gasteiger partial charge is 0.0765 e.